The van der Waals surface area contributed by atoms with Gasteiger partial charge < -0.3 is 9.47 Å². The topological polar surface area (TPSA) is 18.5 Å². The van der Waals surface area contributed by atoms with Crippen molar-refractivity contribution in [2.24, 2.45) is 0 Å². The molecule has 0 unspecified atom stereocenters. The Bertz CT molecular complexity index is 580. The summed E-state index contributed by atoms with van der Waals surface area (Å²) in [5.74, 6) is 1.84. The Morgan fingerprint density at radius 2 is 1.27 bits per heavy atom. The average molecular weight is 298 g/mol. The van der Waals surface area contributed by atoms with Gasteiger partial charge in [0.2, 0.25) is 0 Å². The normalized spacial score (nSPS) is 11.5. The summed E-state index contributed by atoms with van der Waals surface area (Å²) in [5.41, 5.74) is 2.49. The SMILES string of the molecule is CCOc1ccc(C(C)(C)c2ccc(OC(C)C)cc2)cc1. The zero-order valence-electron chi connectivity index (χ0n) is 14.2. The fourth-order valence-electron chi connectivity index (χ4n) is 2.52. The number of ether oxygens (including phenoxy) is 2. The predicted molar refractivity (Wildman–Crippen MR) is 91.9 cm³/mol. The zero-order chi connectivity index (χ0) is 16.2. The van der Waals surface area contributed by atoms with E-state index in [4.69, 9.17) is 9.47 Å². The lowest BCUT2D eigenvalue weighted by Gasteiger charge is -2.26. The maximum Gasteiger partial charge on any atom is 0.119 e. The first-order valence-corrected chi connectivity index (χ1v) is 7.94. The molecule has 0 saturated heterocycles. The Morgan fingerprint density at radius 1 is 0.818 bits per heavy atom. The van der Waals surface area contributed by atoms with Gasteiger partial charge >= 0.3 is 0 Å². The first kappa shape index (κ1) is 16.4. The fraction of sp³-hybridized carbons (Fsp3) is 0.400. The molecule has 2 nitrogen and oxygen atoms in total. The molecule has 2 heteroatoms. The van der Waals surface area contributed by atoms with Gasteiger partial charge in [-0.15, -0.1) is 0 Å². The van der Waals surface area contributed by atoms with Crippen LogP contribution in [0.1, 0.15) is 45.7 Å². The van der Waals surface area contributed by atoms with Gasteiger partial charge in [0.05, 0.1) is 12.7 Å². The molecule has 0 bridgehead atoms. The first-order valence-electron chi connectivity index (χ1n) is 7.94. The highest BCUT2D eigenvalue weighted by molar-refractivity contribution is 5.41. The van der Waals surface area contributed by atoms with Crippen LogP contribution in [0.15, 0.2) is 48.5 Å². The summed E-state index contributed by atoms with van der Waals surface area (Å²) in [6.07, 6.45) is 0.199. The van der Waals surface area contributed by atoms with Crippen LogP contribution in [0, 0.1) is 0 Å². The smallest absolute Gasteiger partial charge is 0.119 e. The van der Waals surface area contributed by atoms with Crippen molar-refractivity contribution in [3.8, 4) is 11.5 Å². The predicted octanol–water partition coefficient (Wildman–Crippen LogP) is 5.20. The molecule has 0 saturated carbocycles. The van der Waals surface area contributed by atoms with Gasteiger partial charge in [-0.1, -0.05) is 38.1 Å². The van der Waals surface area contributed by atoms with E-state index in [1.165, 1.54) is 11.1 Å². The second kappa shape index (κ2) is 6.87. The van der Waals surface area contributed by atoms with Crippen LogP contribution in [0.25, 0.3) is 0 Å². The van der Waals surface area contributed by atoms with E-state index >= 15 is 0 Å². The van der Waals surface area contributed by atoms with Crippen LogP contribution in [-0.4, -0.2) is 12.7 Å². The van der Waals surface area contributed by atoms with Crippen LogP contribution in [-0.2, 0) is 5.41 Å². The molecule has 0 aromatic heterocycles. The zero-order valence-corrected chi connectivity index (χ0v) is 14.2. The van der Waals surface area contributed by atoms with Crippen molar-refractivity contribution in [2.75, 3.05) is 6.61 Å². The van der Waals surface area contributed by atoms with Crippen molar-refractivity contribution in [2.45, 2.75) is 46.1 Å². The van der Waals surface area contributed by atoms with Gasteiger partial charge in [0.15, 0.2) is 0 Å². The summed E-state index contributed by atoms with van der Waals surface area (Å²) in [4.78, 5) is 0. The Balaban J connectivity index is 2.21. The summed E-state index contributed by atoms with van der Waals surface area (Å²) in [5, 5.41) is 0. The molecular weight excluding hydrogens is 272 g/mol. The monoisotopic (exact) mass is 298 g/mol. The Labute approximate surface area is 134 Å². The van der Waals surface area contributed by atoms with Gasteiger partial charge in [0, 0.05) is 5.41 Å². The summed E-state index contributed by atoms with van der Waals surface area (Å²) < 4.78 is 11.2. The van der Waals surface area contributed by atoms with Crippen molar-refractivity contribution < 1.29 is 9.47 Å². The molecule has 2 aromatic carbocycles. The van der Waals surface area contributed by atoms with Crippen molar-refractivity contribution in [1.82, 2.24) is 0 Å². The largest absolute Gasteiger partial charge is 0.494 e. The van der Waals surface area contributed by atoms with E-state index in [0.717, 1.165) is 11.5 Å². The van der Waals surface area contributed by atoms with E-state index in [0.29, 0.717) is 6.61 Å². The standard InChI is InChI=1S/C20H26O2/c1-6-21-18-11-7-16(8-12-18)20(4,5)17-9-13-19(14-10-17)22-15(2)3/h7-15H,6H2,1-5H3. The summed E-state index contributed by atoms with van der Waals surface area (Å²) in [6, 6.07) is 16.8. The van der Waals surface area contributed by atoms with Crippen molar-refractivity contribution in [1.29, 1.82) is 0 Å². The van der Waals surface area contributed by atoms with Gasteiger partial charge in [-0.25, -0.2) is 0 Å². The van der Waals surface area contributed by atoms with Crippen LogP contribution in [0.2, 0.25) is 0 Å². The van der Waals surface area contributed by atoms with Crippen molar-refractivity contribution >= 4 is 0 Å². The Morgan fingerprint density at radius 3 is 1.68 bits per heavy atom. The van der Waals surface area contributed by atoms with E-state index in [-0.39, 0.29) is 11.5 Å². The Hall–Kier alpha value is -1.96. The maximum absolute atomic E-state index is 5.71. The average Bonchev–Trinajstić information content (AvgIpc) is 2.48. The molecule has 0 N–H and O–H groups in total. The van der Waals surface area contributed by atoms with Gasteiger partial charge in [-0.05, 0) is 56.2 Å². The van der Waals surface area contributed by atoms with Gasteiger partial charge in [-0.3, -0.25) is 0 Å². The van der Waals surface area contributed by atoms with Crippen LogP contribution in [0.5, 0.6) is 11.5 Å². The highest BCUT2D eigenvalue weighted by atomic mass is 16.5. The molecule has 0 fully saturated rings. The minimum absolute atomic E-state index is 0.0545. The summed E-state index contributed by atoms with van der Waals surface area (Å²) in [7, 11) is 0. The fourth-order valence-corrected chi connectivity index (χ4v) is 2.52. The summed E-state index contributed by atoms with van der Waals surface area (Å²) in [6.45, 7) is 11.2. The number of hydrogen-bond donors (Lipinski definition) is 0. The third kappa shape index (κ3) is 3.82. The number of hydrogen-bond acceptors (Lipinski definition) is 2. The molecule has 0 radical (unpaired) electrons. The van der Waals surface area contributed by atoms with Crippen LogP contribution in [0.3, 0.4) is 0 Å². The molecule has 0 aliphatic rings. The summed E-state index contributed by atoms with van der Waals surface area (Å²) >= 11 is 0. The molecule has 0 spiro atoms. The molecule has 0 atom stereocenters. The molecule has 118 valence electrons. The number of benzene rings is 2. The van der Waals surface area contributed by atoms with Gasteiger partial charge in [0.25, 0.3) is 0 Å². The lowest BCUT2D eigenvalue weighted by molar-refractivity contribution is 0.242. The molecule has 22 heavy (non-hydrogen) atoms. The molecule has 0 amide bonds. The molecule has 0 aliphatic heterocycles. The van der Waals surface area contributed by atoms with E-state index in [1.54, 1.807) is 0 Å². The second-order valence-electron chi connectivity index (χ2n) is 6.27. The molecular formula is C20H26O2. The minimum atomic E-state index is -0.0545. The molecule has 0 aliphatic carbocycles. The van der Waals surface area contributed by atoms with E-state index in [9.17, 15) is 0 Å². The third-order valence-electron chi connectivity index (χ3n) is 3.83. The molecule has 0 heterocycles. The maximum atomic E-state index is 5.71. The van der Waals surface area contributed by atoms with Crippen LogP contribution in [0.4, 0.5) is 0 Å². The van der Waals surface area contributed by atoms with Gasteiger partial charge in [0.1, 0.15) is 11.5 Å². The third-order valence-corrected chi connectivity index (χ3v) is 3.83. The van der Waals surface area contributed by atoms with Crippen LogP contribution < -0.4 is 9.47 Å². The lowest BCUT2D eigenvalue weighted by Crippen LogP contribution is -2.18. The van der Waals surface area contributed by atoms with Crippen molar-refractivity contribution in [3.05, 3.63) is 59.7 Å². The highest BCUT2D eigenvalue weighted by Gasteiger charge is 2.23. The quantitative estimate of drug-likeness (QED) is 0.730. The number of rotatable bonds is 6. The van der Waals surface area contributed by atoms with E-state index < -0.39 is 0 Å². The minimum Gasteiger partial charge on any atom is -0.494 e. The van der Waals surface area contributed by atoms with E-state index in [1.807, 2.05) is 45.0 Å². The van der Waals surface area contributed by atoms with Gasteiger partial charge in [-0.2, -0.15) is 0 Å². The van der Waals surface area contributed by atoms with Crippen LogP contribution >= 0.6 is 0 Å². The second-order valence-corrected chi connectivity index (χ2v) is 6.27. The Kier molecular flexibility index (Phi) is 5.12. The lowest BCUT2D eigenvalue weighted by atomic mass is 9.78. The molecule has 2 rings (SSSR count). The first-order chi connectivity index (χ1) is 10.4. The van der Waals surface area contributed by atoms with Crippen molar-refractivity contribution in [3.63, 3.8) is 0 Å². The highest BCUT2D eigenvalue weighted by Crippen LogP contribution is 2.33. The molecule has 2 aromatic rings. The van der Waals surface area contributed by atoms with E-state index in [2.05, 4.69) is 38.1 Å².